The second-order valence-corrected chi connectivity index (χ2v) is 15.5. The van der Waals surface area contributed by atoms with Crippen LogP contribution in [0, 0.1) is 23.7 Å². The van der Waals surface area contributed by atoms with Crippen LogP contribution in [0.3, 0.4) is 0 Å². The Hall–Kier alpha value is -2.72. The lowest BCUT2D eigenvalue weighted by molar-refractivity contribution is -0.301. The van der Waals surface area contributed by atoms with E-state index in [1.54, 1.807) is 46.8 Å². The first kappa shape index (κ1) is 43.7. The highest BCUT2D eigenvalue weighted by Gasteiger charge is 2.52. The molecule has 0 radical (unpaired) electrons. The van der Waals surface area contributed by atoms with Gasteiger partial charge in [-0.25, -0.2) is 0 Å². The minimum atomic E-state index is -1.92. The van der Waals surface area contributed by atoms with Gasteiger partial charge in [-0.3, -0.25) is 9.59 Å². The van der Waals surface area contributed by atoms with Gasteiger partial charge in [0.25, 0.3) is 0 Å². The molecular weight excluding hydrogens is 674 g/mol. The number of carbonyl (C=O) groups excluding carboxylic acids is 2. The molecule has 0 aromatic carbocycles. The molecule has 3 rings (SSSR count). The lowest BCUT2D eigenvalue weighted by Crippen LogP contribution is -2.60. The molecule has 14 atom stereocenters. The Morgan fingerprint density at radius 3 is 2.29 bits per heavy atom. The van der Waals surface area contributed by atoms with E-state index in [1.165, 1.54) is 27.2 Å². The summed E-state index contributed by atoms with van der Waals surface area (Å²) >= 11 is 0. The third-order valence-electron chi connectivity index (χ3n) is 11.0. The Morgan fingerprint density at radius 1 is 1.10 bits per heavy atom. The highest BCUT2D eigenvalue weighted by Crippen LogP contribution is 2.40. The van der Waals surface area contributed by atoms with Crippen LogP contribution in [-0.4, -0.2) is 125 Å². The molecule has 0 aliphatic carbocycles. The first-order valence-corrected chi connectivity index (χ1v) is 18.3. The molecule has 14 heteroatoms. The van der Waals surface area contributed by atoms with Crippen molar-refractivity contribution in [3.63, 3.8) is 0 Å². The Balaban J connectivity index is 2.27. The quantitative estimate of drug-likeness (QED) is 0.199. The largest absolute Gasteiger partial charge is 0.463 e. The molecule has 52 heavy (non-hydrogen) atoms. The molecule has 1 aromatic heterocycles. The second-order valence-electron chi connectivity index (χ2n) is 15.5. The summed E-state index contributed by atoms with van der Waals surface area (Å²) < 4.78 is 36.6. The van der Waals surface area contributed by atoms with Gasteiger partial charge in [0.15, 0.2) is 6.29 Å². The molecule has 2 aliphatic rings. The van der Waals surface area contributed by atoms with Crippen LogP contribution in [-0.2, 0) is 33.3 Å². The topological polar surface area (TPSA) is 182 Å². The van der Waals surface area contributed by atoms with Crippen molar-refractivity contribution in [2.45, 2.75) is 149 Å². The smallest absolute Gasteiger partial charge is 0.312 e. The lowest BCUT2D eigenvalue weighted by Gasteiger charge is -2.48. The number of methoxy groups -OCH3 is 1. The van der Waals surface area contributed by atoms with E-state index < -0.39 is 83.6 Å². The molecule has 0 bridgehead atoms. The van der Waals surface area contributed by atoms with Gasteiger partial charge in [-0.2, -0.15) is 10.2 Å². The summed E-state index contributed by atoms with van der Waals surface area (Å²) in [7, 11) is 5.29. The number of esters is 2. The number of furan rings is 1. The van der Waals surface area contributed by atoms with E-state index in [0.717, 1.165) is 0 Å². The van der Waals surface area contributed by atoms with Crippen molar-refractivity contribution in [2.75, 3.05) is 21.2 Å². The number of rotatable bonds is 8. The number of nitrogens with zero attached hydrogens (tertiary/aromatic N) is 3. The van der Waals surface area contributed by atoms with Crippen molar-refractivity contribution in [3.05, 3.63) is 24.2 Å². The second kappa shape index (κ2) is 18.1. The summed E-state index contributed by atoms with van der Waals surface area (Å²) in [5, 5.41) is 44.4. The number of aliphatic hydroxyl groups is 3. The summed E-state index contributed by atoms with van der Waals surface area (Å²) in [6.45, 7) is 17.0. The van der Waals surface area contributed by atoms with Gasteiger partial charge in [0.2, 0.25) is 0 Å². The van der Waals surface area contributed by atoms with Gasteiger partial charge in [0, 0.05) is 37.6 Å². The van der Waals surface area contributed by atoms with E-state index in [1.807, 2.05) is 39.8 Å². The third-order valence-corrected chi connectivity index (χ3v) is 11.0. The lowest BCUT2D eigenvalue weighted by atomic mass is 9.73. The summed E-state index contributed by atoms with van der Waals surface area (Å²) in [6.07, 6.45) is -4.51. The van der Waals surface area contributed by atoms with E-state index in [9.17, 15) is 24.9 Å². The molecule has 2 saturated heterocycles. The maximum Gasteiger partial charge on any atom is 0.312 e. The minimum Gasteiger partial charge on any atom is -0.463 e. The van der Waals surface area contributed by atoms with Crippen molar-refractivity contribution in [1.82, 2.24) is 4.90 Å². The zero-order valence-corrected chi connectivity index (χ0v) is 33.2. The van der Waals surface area contributed by atoms with Crippen molar-refractivity contribution >= 4 is 23.4 Å². The van der Waals surface area contributed by atoms with Crippen molar-refractivity contribution < 1.29 is 53.0 Å². The molecule has 4 unspecified atom stereocenters. The van der Waals surface area contributed by atoms with Gasteiger partial charge in [-0.1, -0.05) is 27.7 Å². The fourth-order valence-corrected chi connectivity index (χ4v) is 7.84. The number of cyclic esters (lactones) is 1. The predicted molar refractivity (Wildman–Crippen MR) is 195 cm³/mol. The summed E-state index contributed by atoms with van der Waals surface area (Å²) in [5.74, 6) is -3.87. The van der Waals surface area contributed by atoms with Gasteiger partial charge in [0.05, 0.1) is 36.1 Å². The molecule has 2 fully saturated rings. The fraction of sp³-hybridized carbons (Fsp3) is 0.789. The van der Waals surface area contributed by atoms with Crippen molar-refractivity contribution in [3.8, 4) is 0 Å². The number of likely N-dealkylation sites (N-methyl/N-ethyl adjacent to an activating group) is 1. The van der Waals surface area contributed by atoms with Crippen LogP contribution >= 0.6 is 0 Å². The van der Waals surface area contributed by atoms with Crippen LogP contribution in [0.2, 0.25) is 0 Å². The third kappa shape index (κ3) is 9.87. The van der Waals surface area contributed by atoms with Crippen molar-refractivity contribution in [2.24, 2.45) is 33.9 Å². The maximum absolute atomic E-state index is 13.9. The fourth-order valence-electron chi connectivity index (χ4n) is 7.84. The number of hydrogen-bond acceptors (Lipinski definition) is 14. The molecule has 0 amide bonds. The number of ether oxygens (including phenoxy) is 5. The molecule has 3 heterocycles. The van der Waals surface area contributed by atoms with Gasteiger partial charge in [0.1, 0.15) is 35.4 Å². The van der Waals surface area contributed by atoms with E-state index in [4.69, 9.17) is 28.1 Å². The Morgan fingerprint density at radius 2 is 1.75 bits per heavy atom. The zero-order chi connectivity index (χ0) is 39.3. The highest BCUT2D eigenvalue weighted by molar-refractivity contribution is 5.97. The Bertz CT molecular complexity index is 1380. The van der Waals surface area contributed by atoms with Gasteiger partial charge < -0.3 is 48.3 Å². The van der Waals surface area contributed by atoms with Crippen LogP contribution in [0.15, 0.2) is 33.0 Å². The number of hydrogen-bond donors (Lipinski definition) is 3. The maximum atomic E-state index is 13.9. The molecule has 3 N–H and O–H groups in total. The standard InChI is InChI=1S/C38H63N3O11/c1-14-29-38(10,46)33(44)22(4)30(40-39-25(7)28-16-15-17-48-28)20(2)19-37(9,47-13)34(23(5)32(50-26(8)42)24(6)35(45)51-29)52-36-31(43)27(41(11)12)18-21(3)49-36/h15-17,20-24,27,29,31-34,36,43-44,46H,14,18-19H2,1-13H3/b39-25+,40-30+/t20-,21?,22+,23+,24-,27?,29-,31?,32+,33-,34-,36?,37-,38-/m1/s1. The normalized spacial score (nSPS) is 41.1. The highest BCUT2D eigenvalue weighted by atomic mass is 16.7. The Labute approximate surface area is 308 Å². The average molecular weight is 738 g/mol. The zero-order valence-electron chi connectivity index (χ0n) is 33.2. The predicted octanol–water partition coefficient (Wildman–Crippen LogP) is 3.97. The molecule has 14 nitrogen and oxygen atoms in total. The van der Waals surface area contributed by atoms with Crippen molar-refractivity contribution in [1.29, 1.82) is 0 Å². The number of aliphatic hydroxyl groups excluding tert-OH is 2. The minimum absolute atomic E-state index is 0.177. The molecular formula is C38H63N3O11. The van der Waals surface area contributed by atoms with Gasteiger partial charge in [-0.05, 0) is 86.0 Å². The molecule has 296 valence electrons. The summed E-state index contributed by atoms with van der Waals surface area (Å²) in [5.41, 5.74) is -2.19. The Kier molecular flexibility index (Phi) is 15.2. The van der Waals surface area contributed by atoms with E-state index in [0.29, 0.717) is 23.6 Å². The van der Waals surface area contributed by atoms with Crippen LogP contribution in [0.5, 0.6) is 0 Å². The molecule has 2 aliphatic heterocycles. The molecule has 0 spiro atoms. The SMILES string of the molecule is CC[C@H]1OC(=O)[C@H](C)[C@@H](OC(C)=O)[C@H](C)[C@@H](OC2OC(C)CC(N(C)C)C2O)[C@](C)(OC)C[C@@H](C)/C(=N\N=C(/C)c2ccco2)[C@H](C)[C@@H](O)[C@]1(C)O. The van der Waals surface area contributed by atoms with E-state index in [-0.39, 0.29) is 25.0 Å². The first-order chi connectivity index (χ1) is 24.2. The summed E-state index contributed by atoms with van der Waals surface area (Å²) in [4.78, 5) is 28.5. The van der Waals surface area contributed by atoms with Crippen LogP contribution < -0.4 is 0 Å². The summed E-state index contributed by atoms with van der Waals surface area (Å²) in [6, 6.07) is 3.23. The molecule has 1 aromatic rings. The van der Waals surface area contributed by atoms with Crippen LogP contribution in [0.25, 0.3) is 0 Å². The van der Waals surface area contributed by atoms with E-state index in [2.05, 4.69) is 10.2 Å². The number of carbonyl (C=O) groups is 2. The average Bonchev–Trinajstić information content (AvgIpc) is 3.63. The van der Waals surface area contributed by atoms with Crippen LogP contribution in [0.4, 0.5) is 0 Å². The molecule has 0 saturated carbocycles. The van der Waals surface area contributed by atoms with Gasteiger partial charge in [-0.15, -0.1) is 0 Å². The monoisotopic (exact) mass is 737 g/mol. The van der Waals surface area contributed by atoms with Gasteiger partial charge >= 0.3 is 11.9 Å². The van der Waals surface area contributed by atoms with E-state index >= 15 is 0 Å². The van der Waals surface area contributed by atoms with Crippen LogP contribution in [0.1, 0.15) is 94.3 Å². The first-order valence-electron chi connectivity index (χ1n) is 18.3.